The maximum Gasteiger partial charge on any atom is 0.135 e. The summed E-state index contributed by atoms with van der Waals surface area (Å²) in [6.07, 6.45) is 6.78. The summed E-state index contributed by atoms with van der Waals surface area (Å²) in [5.74, 6) is 0. The van der Waals surface area contributed by atoms with Crippen molar-refractivity contribution >= 4 is 60.3 Å². The molecule has 0 saturated heterocycles. The zero-order chi connectivity index (χ0) is 30.9. The number of fused-ring (bicyclic) bond motifs is 8. The van der Waals surface area contributed by atoms with E-state index < -0.39 is 0 Å². The first-order valence-corrected chi connectivity index (χ1v) is 16.5. The predicted octanol–water partition coefficient (Wildman–Crippen LogP) is 13.0. The van der Waals surface area contributed by atoms with Crippen LogP contribution in [0.2, 0.25) is 0 Å². The molecule has 1 nitrogen and oxygen atoms in total. The Morgan fingerprint density at radius 3 is 1.83 bits per heavy atom. The lowest BCUT2D eigenvalue weighted by molar-refractivity contribution is 0.669. The number of furan rings is 1. The molecule has 0 aliphatic heterocycles. The molecule has 0 spiro atoms. The van der Waals surface area contributed by atoms with Crippen LogP contribution < -0.4 is 0 Å². The Balaban J connectivity index is 1.27. The molecule has 47 heavy (non-hydrogen) atoms. The minimum Gasteiger partial charge on any atom is -0.456 e. The van der Waals surface area contributed by atoms with E-state index in [0.29, 0.717) is 0 Å². The molecule has 220 valence electrons. The smallest absolute Gasteiger partial charge is 0.135 e. The molecule has 8 aromatic carbocycles. The van der Waals surface area contributed by atoms with Gasteiger partial charge in [0.1, 0.15) is 11.2 Å². The molecule has 1 aliphatic carbocycles. The number of hydrogen-bond donors (Lipinski definition) is 0. The molecule has 0 radical (unpaired) electrons. The van der Waals surface area contributed by atoms with Gasteiger partial charge in [-0.25, -0.2) is 0 Å². The minimum absolute atomic E-state index is 0.921. The van der Waals surface area contributed by atoms with Crippen molar-refractivity contribution in [2.24, 2.45) is 0 Å². The Kier molecular flexibility index (Phi) is 5.77. The van der Waals surface area contributed by atoms with Gasteiger partial charge >= 0.3 is 0 Å². The molecule has 1 aromatic heterocycles. The molecule has 0 unspecified atom stereocenters. The first-order chi connectivity index (χ1) is 23.3. The van der Waals surface area contributed by atoms with Crippen LogP contribution in [0.25, 0.3) is 93.7 Å². The van der Waals surface area contributed by atoms with E-state index in [1.807, 2.05) is 0 Å². The van der Waals surface area contributed by atoms with Crippen molar-refractivity contribution in [3.63, 3.8) is 0 Å². The second kappa shape index (κ2) is 10.3. The Labute approximate surface area is 273 Å². The van der Waals surface area contributed by atoms with Gasteiger partial charge in [-0.15, -0.1) is 0 Å². The third-order valence-corrected chi connectivity index (χ3v) is 10.1. The first-order valence-electron chi connectivity index (χ1n) is 16.5. The summed E-state index contributed by atoms with van der Waals surface area (Å²) < 4.78 is 6.38. The molecular weight excluding hydrogens is 569 g/mol. The summed E-state index contributed by atoms with van der Waals surface area (Å²) in [7, 11) is 0. The van der Waals surface area contributed by atoms with Crippen LogP contribution in [-0.4, -0.2) is 0 Å². The van der Waals surface area contributed by atoms with E-state index in [2.05, 4.69) is 158 Å². The van der Waals surface area contributed by atoms with Gasteiger partial charge in [0, 0.05) is 10.8 Å². The van der Waals surface area contributed by atoms with Crippen LogP contribution in [0.4, 0.5) is 0 Å². The Bertz CT molecular complexity index is 2720. The molecule has 0 bridgehead atoms. The second-order valence-corrected chi connectivity index (χ2v) is 12.7. The highest BCUT2D eigenvalue weighted by Gasteiger charge is 2.23. The average Bonchev–Trinajstić information content (AvgIpc) is 3.51. The molecule has 0 atom stereocenters. The van der Waals surface area contributed by atoms with Crippen LogP contribution in [-0.2, 0) is 6.42 Å². The molecule has 1 heterocycles. The zero-order valence-corrected chi connectivity index (χ0v) is 25.8. The fourth-order valence-corrected chi connectivity index (χ4v) is 8.01. The maximum atomic E-state index is 6.38. The van der Waals surface area contributed by atoms with Crippen LogP contribution in [0.1, 0.15) is 17.5 Å². The van der Waals surface area contributed by atoms with Crippen molar-refractivity contribution < 1.29 is 4.42 Å². The molecule has 1 heteroatoms. The van der Waals surface area contributed by atoms with Gasteiger partial charge in [0.2, 0.25) is 0 Å². The van der Waals surface area contributed by atoms with E-state index in [4.69, 9.17) is 4.42 Å². The summed E-state index contributed by atoms with van der Waals surface area (Å²) in [5.41, 5.74) is 12.2. The summed E-state index contributed by atoms with van der Waals surface area (Å²) >= 11 is 0. The highest BCUT2D eigenvalue weighted by atomic mass is 16.3. The molecule has 0 amide bonds. The molecule has 0 fully saturated rings. The van der Waals surface area contributed by atoms with E-state index in [9.17, 15) is 0 Å². The van der Waals surface area contributed by atoms with Gasteiger partial charge in [-0.3, -0.25) is 0 Å². The van der Waals surface area contributed by atoms with E-state index in [-0.39, 0.29) is 0 Å². The molecule has 1 aliphatic rings. The third-order valence-electron chi connectivity index (χ3n) is 10.1. The summed E-state index contributed by atoms with van der Waals surface area (Å²) in [5, 5.41) is 10.1. The molecular formula is C46H30O. The Morgan fingerprint density at radius 2 is 1.04 bits per heavy atom. The SMILES string of the molecule is C1=Cc2c(c(-c3ccc4oc5ccc(-c6ccccc6)cc5c4c3)c3ccccc3c2-c2cc3ccccc3c3ccccc23)CC1. The second-order valence-electron chi connectivity index (χ2n) is 12.7. The first kappa shape index (κ1) is 26.3. The monoisotopic (exact) mass is 598 g/mol. The number of benzene rings is 8. The molecule has 0 saturated carbocycles. The van der Waals surface area contributed by atoms with Crippen LogP contribution in [0, 0.1) is 0 Å². The van der Waals surface area contributed by atoms with Gasteiger partial charge in [-0.05, 0) is 120 Å². The Hall–Kier alpha value is -5.92. The summed E-state index contributed by atoms with van der Waals surface area (Å²) in [4.78, 5) is 0. The molecule has 0 N–H and O–H groups in total. The van der Waals surface area contributed by atoms with Crippen molar-refractivity contribution in [3.8, 4) is 33.4 Å². The van der Waals surface area contributed by atoms with Gasteiger partial charge in [0.05, 0.1) is 0 Å². The van der Waals surface area contributed by atoms with Crippen molar-refractivity contribution in [1.82, 2.24) is 0 Å². The lowest BCUT2D eigenvalue weighted by Gasteiger charge is -2.24. The average molecular weight is 599 g/mol. The zero-order valence-electron chi connectivity index (χ0n) is 25.8. The lowest BCUT2D eigenvalue weighted by atomic mass is 9.79. The highest BCUT2D eigenvalue weighted by molar-refractivity contribution is 6.19. The number of hydrogen-bond acceptors (Lipinski definition) is 1. The topological polar surface area (TPSA) is 13.1 Å². The van der Waals surface area contributed by atoms with Crippen molar-refractivity contribution in [2.45, 2.75) is 12.8 Å². The largest absolute Gasteiger partial charge is 0.456 e. The Morgan fingerprint density at radius 1 is 0.426 bits per heavy atom. The predicted molar refractivity (Wildman–Crippen MR) is 200 cm³/mol. The van der Waals surface area contributed by atoms with Crippen molar-refractivity contribution in [3.05, 3.63) is 163 Å². The lowest BCUT2D eigenvalue weighted by Crippen LogP contribution is -2.03. The fraction of sp³-hybridized carbons (Fsp3) is 0.0435. The van der Waals surface area contributed by atoms with Crippen LogP contribution in [0.3, 0.4) is 0 Å². The van der Waals surface area contributed by atoms with Gasteiger partial charge in [-0.2, -0.15) is 0 Å². The standard InChI is InChI=1S/C46H30O/c1-2-12-29(13-3-1)30-22-24-43-40(26-30)41-28-32(23-25-44(41)47-43)45-36-18-8-10-20-38(36)46(39-21-11-9-19-37(39)45)42-27-31-14-4-5-15-33(31)34-16-6-7-17-35(34)42/h1-8,10-18,20-28H,9,19H2. The quantitative estimate of drug-likeness (QED) is 0.184. The van der Waals surface area contributed by atoms with E-state index in [0.717, 1.165) is 34.8 Å². The van der Waals surface area contributed by atoms with Crippen LogP contribution in [0.5, 0.6) is 0 Å². The van der Waals surface area contributed by atoms with Gasteiger partial charge in [0.15, 0.2) is 0 Å². The van der Waals surface area contributed by atoms with Gasteiger partial charge < -0.3 is 4.42 Å². The summed E-state index contributed by atoms with van der Waals surface area (Å²) in [6.45, 7) is 0. The molecule has 10 rings (SSSR count). The minimum atomic E-state index is 0.921. The fourth-order valence-electron chi connectivity index (χ4n) is 8.01. The summed E-state index contributed by atoms with van der Waals surface area (Å²) in [6, 6.07) is 53.0. The maximum absolute atomic E-state index is 6.38. The van der Waals surface area contributed by atoms with Gasteiger partial charge in [-0.1, -0.05) is 127 Å². The number of rotatable bonds is 3. The van der Waals surface area contributed by atoms with Crippen molar-refractivity contribution in [2.75, 3.05) is 0 Å². The van der Waals surface area contributed by atoms with Gasteiger partial charge in [0.25, 0.3) is 0 Å². The number of allylic oxidation sites excluding steroid dienone is 1. The molecule has 9 aromatic rings. The van der Waals surface area contributed by atoms with E-state index in [1.54, 1.807) is 0 Å². The van der Waals surface area contributed by atoms with Crippen LogP contribution >= 0.6 is 0 Å². The van der Waals surface area contributed by atoms with Crippen LogP contribution in [0.15, 0.2) is 156 Å². The van der Waals surface area contributed by atoms with Crippen molar-refractivity contribution in [1.29, 1.82) is 0 Å². The van der Waals surface area contributed by atoms with E-state index >= 15 is 0 Å². The third kappa shape index (κ3) is 4.03. The normalized spacial score (nSPS) is 12.9. The van der Waals surface area contributed by atoms with E-state index in [1.165, 1.54) is 76.8 Å². The highest BCUT2D eigenvalue weighted by Crippen LogP contribution is 2.48.